The lowest BCUT2D eigenvalue weighted by atomic mass is 9.81. The Morgan fingerprint density at radius 2 is 0.455 bits per heavy atom. The van der Waals surface area contributed by atoms with Crippen LogP contribution in [0.3, 0.4) is 0 Å². The molecule has 66 heavy (non-hydrogen) atoms. The maximum Gasteiger partial charge on any atom is 0.100 e. The molecule has 0 saturated carbocycles. The van der Waals surface area contributed by atoms with E-state index < -0.39 is 0 Å². The molecule has 0 heterocycles. The Hall–Kier alpha value is -9.33. The van der Waals surface area contributed by atoms with Gasteiger partial charge in [0.25, 0.3) is 0 Å². The predicted octanol–water partition coefficient (Wildman–Crippen LogP) is 15.5. The van der Waals surface area contributed by atoms with E-state index in [1.54, 1.807) is 0 Å². The molecule has 300 valence electrons. The Bertz CT molecular complexity index is 3590. The summed E-state index contributed by atoms with van der Waals surface area (Å²) in [6.45, 7) is 0. The van der Waals surface area contributed by atoms with E-state index in [1.165, 1.54) is 0 Å². The summed E-state index contributed by atoms with van der Waals surface area (Å²) in [5.74, 6) is 0. The number of fused-ring (bicyclic) bond motifs is 15. The van der Waals surface area contributed by atoms with Crippen LogP contribution in [0, 0.1) is 34.0 Å². The van der Waals surface area contributed by atoms with Gasteiger partial charge in [-0.25, -0.2) is 0 Å². The standard InChI is InChI=1S/C63H33N3/c64-34-52(37-16-4-1-5-17-37)55-46-28-40-22-10-13-25-43(40)31-49(46)58-61(55)59-50-32-44-26-14-11-23-41(44)29-47(50)56(53(35-65)38-18-6-2-7-19-38)63(59)60-51-33-45-27-15-12-24-42(45)30-48(51)57(62(58)60)54(36-66)39-20-8-3-9-21-39/h1-33H/b55-52+,56-53+,57-54+. The summed E-state index contributed by atoms with van der Waals surface area (Å²) in [5.41, 5.74) is 18.3. The van der Waals surface area contributed by atoms with Crippen molar-refractivity contribution in [3.05, 3.63) is 250 Å². The van der Waals surface area contributed by atoms with Crippen LogP contribution in [0.25, 0.3) is 99.1 Å². The summed E-state index contributed by atoms with van der Waals surface area (Å²) in [7, 11) is 0. The highest BCUT2D eigenvalue weighted by molar-refractivity contribution is 6.31. The Labute approximate surface area is 381 Å². The Morgan fingerprint density at radius 1 is 0.242 bits per heavy atom. The van der Waals surface area contributed by atoms with Gasteiger partial charge in [-0.05, 0) is 135 Å². The van der Waals surface area contributed by atoms with Crippen LogP contribution in [-0.2, 0) is 0 Å². The van der Waals surface area contributed by atoms with E-state index in [1.807, 2.05) is 91.0 Å². The summed E-state index contributed by atoms with van der Waals surface area (Å²) < 4.78 is 0. The topological polar surface area (TPSA) is 71.4 Å². The monoisotopic (exact) mass is 831 g/mol. The Balaban J connectivity index is 1.35. The van der Waals surface area contributed by atoms with Crippen molar-refractivity contribution in [3.63, 3.8) is 0 Å². The van der Waals surface area contributed by atoms with Gasteiger partial charge in [0.05, 0.1) is 16.7 Å². The molecule has 0 N–H and O–H groups in total. The zero-order valence-electron chi connectivity index (χ0n) is 35.4. The van der Waals surface area contributed by atoms with Crippen molar-refractivity contribution < 1.29 is 0 Å². The van der Waals surface area contributed by atoms with Gasteiger partial charge >= 0.3 is 0 Å². The molecule has 0 unspecified atom stereocenters. The van der Waals surface area contributed by atoms with E-state index in [4.69, 9.17) is 0 Å². The molecule has 0 amide bonds. The van der Waals surface area contributed by atoms with Gasteiger partial charge in [0, 0.05) is 33.4 Å². The summed E-state index contributed by atoms with van der Waals surface area (Å²) in [6, 6.07) is 77.0. The minimum atomic E-state index is 0.562. The number of nitriles is 3. The van der Waals surface area contributed by atoms with E-state index in [0.717, 1.165) is 132 Å². The van der Waals surface area contributed by atoms with Crippen molar-refractivity contribution in [3.8, 4) is 51.6 Å². The number of hydrogen-bond acceptors (Lipinski definition) is 3. The van der Waals surface area contributed by atoms with Gasteiger partial charge in [-0.15, -0.1) is 0 Å². The Morgan fingerprint density at radius 3 is 0.682 bits per heavy atom. The van der Waals surface area contributed by atoms with Crippen LogP contribution in [0.5, 0.6) is 0 Å². The fourth-order valence-corrected chi connectivity index (χ4v) is 11.1. The number of rotatable bonds is 3. The maximum absolute atomic E-state index is 11.6. The molecule has 3 heteroatoms. The SMILES string of the molecule is N#C/C(=C1/c2cc3ccccc3cc2-c2c1c1c(c3c2/C(=C(\C#N)c2ccccc2)c2cc4ccccc4cc2-3)/C(=C(\C#N)c2ccccc2)c2cc3ccccc3cc2-1)c1ccccc1. The first-order valence-corrected chi connectivity index (χ1v) is 22.1. The zero-order valence-corrected chi connectivity index (χ0v) is 35.4. The normalized spacial score (nSPS) is 14.9. The highest BCUT2D eigenvalue weighted by atomic mass is 14.5. The molecule has 0 atom stereocenters. The molecule has 0 radical (unpaired) electrons. The predicted molar refractivity (Wildman–Crippen MR) is 269 cm³/mol. The van der Waals surface area contributed by atoms with Crippen molar-refractivity contribution in [2.24, 2.45) is 0 Å². The summed E-state index contributed by atoms with van der Waals surface area (Å²) in [5, 5.41) is 41.2. The molecule has 13 rings (SSSR count). The average molecular weight is 832 g/mol. The lowest BCUT2D eigenvalue weighted by molar-refractivity contribution is 1.51. The van der Waals surface area contributed by atoms with Crippen LogP contribution in [0.15, 0.2) is 200 Å². The van der Waals surface area contributed by atoms with E-state index in [0.29, 0.717) is 16.7 Å². The van der Waals surface area contributed by atoms with Gasteiger partial charge in [0.2, 0.25) is 0 Å². The molecule has 0 aliphatic heterocycles. The highest BCUT2D eigenvalue weighted by Gasteiger charge is 2.45. The molecule has 3 nitrogen and oxygen atoms in total. The van der Waals surface area contributed by atoms with Gasteiger partial charge in [0.1, 0.15) is 18.2 Å². The molecule has 0 bridgehead atoms. The Kier molecular flexibility index (Phi) is 8.10. The van der Waals surface area contributed by atoms with E-state index in [-0.39, 0.29) is 0 Å². The summed E-state index contributed by atoms with van der Waals surface area (Å²) in [6.07, 6.45) is 0. The molecular formula is C63H33N3. The summed E-state index contributed by atoms with van der Waals surface area (Å²) >= 11 is 0. The van der Waals surface area contributed by atoms with Crippen LogP contribution in [0.2, 0.25) is 0 Å². The molecule has 10 aromatic rings. The minimum absolute atomic E-state index is 0.562. The number of hydrogen-bond donors (Lipinski definition) is 0. The smallest absolute Gasteiger partial charge is 0.100 e. The van der Waals surface area contributed by atoms with Gasteiger partial charge in [-0.3, -0.25) is 0 Å². The molecule has 10 aromatic carbocycles. The van der Waals surface area contributed by atoms with Crippen molar-refractivity contribution in [2.45, 2.75) is 0 Å². The molecule has 3 aliphatic rings. The molecule has 0 saturated heterocycles. The van der Waals surface area contributed by atoms with E-state index in [2.05, 4.69) is 127 Å². The fourth-order valence-electron chi connectivity index (χ4n) is 11.1. The van der Waals surface area contributed by atoms with Crippen LogP contribution in [-0.4, -0.2) is 0 Å². The second-order valence-corrected chi connectivity index (χ2v) is 17.2. The van der Waals surface area contributed by atoms with Crippen molar-refractivity contribution in [1.29, 1.82) is 15.8 Å². The van der Waals surface area contributed by atoms with Crippen molar-refractivity contribution in [1.82, 2.24) is 0 Å². The third-order valence-corrected chi connectivity index (χ3v) is 13.8. The van der Waals surface area contributed by atoms with Crippen LogP contribution in [0.4, 0.5) is 0 Å². The largest absolute Gasteiger partial charge is 0.192 e. The first-order chi connectivity index (χ1) is 32.6. The van der Waals surface area contributed by atoms with Crippen molar-refractivity contribution >= 4 is 65.8 Å². The first-order valence-electron chi connectivity index (χ1n) is 22.1. The summed E-state index contributed by atoms with van der Waals surface area (Å²) in [4.78, 5) is 0. The molecule has 3 aliphatic carbocycles. The average Bonchev–Trinajstić information content (AvgIpc) is 3.98. The van der Waals surface area contributed by atoms with E-state index >= 15 is 0 Å². The lowest BCUT2D eigenvalue weighted by Crippen LogP contribution is -2.00. The number of allylic oxidation sites excluding steroid dienone is 3. The fraction of sp³-hybridized carbons (Fsp3) is 0. The second-order valence-electron chi connectivity index (χ2n) is 17.2. The second kappa shape index (κ2) is 14.4. The highest BCUT2D eigenvalue weighted by Crippen LogP contribution is 2.66. The van der Waals surface area contributed by atoms with Gasteiger partial charge in [-0.2, -0.15) is 15.8 Å². The minimum Gasteiger partial charge on any atom is -0.192 e. The first kappa shape index (κ1) is 37.2. The van der Waals surface area contributed by atoms with Gasteiger partial charge < -0.3 is 0 Å². The van der Waals surface area contributed by atoms with Crippen LogP contribution in [0.1, 0.15) is 50.1 Å². The van der Waals surface area contributed by atoms with Crippen LogP contribution < -0.4 is 0 Å². The van der Waals surface area contributed by atoms with Crippen molar-refractivity contribution in [2.75, 3.05) is 0 Å². The third kappa shape index (κ3) is 5.22. The molecule has 0 aromatic heterocycles. The molecule has 0 spiro atoms. The molecular weight excluding hydrogens is 799 g/mol. The number of benzene rings is 10. The van der Waals surface area contributed by atoms with Gasteiger partial charge in [0.15, 0.2) is 0 Å². The van der Waals surface area contributed by atoms with Crippen LogP contribution >= 0.6 is 0 Å². The third-order valence-electron chi connectivity index (χ3n) is 13.8. The van der Waals surface area contributed by atoms with Gasteiger partial charge in [-0.1, -0.05) is 164 Å². The van der Waals surface area contributed by atoms with E-state index in [9.17, 15) is 15.8 Å². The lowest BCUT2D eigenvalue weighted by Gasteiger charge is -2.20. The quantitative estimate of drug-likeness (QED) is 0.167. The number of nitrogens with zero attached hydrogens (tertiary/aromatic N) is 3. The molecule has 0 fully saturated rings. The maximum atomic E-state index is 11.6. The zero-order chi connectivity index (χ0) is 44.0.